The van der Waals surface area contributed by atoms with Crippen LogP contribution in [0.3, 0.4) is 0 Å². The van der Waals surface area contributed by atoms with Gasteiger partial charge in [-0.3, -0.25) is 0 Å². The molecule has 1 aliphatic heterocycles. The van der Waals surface area contributed by atoms with E-state index >= 15 is 0 Å². The molecule has 94 valence electrons. The predicted molar refractivity (Wildman–Crippen MR) is 74.1 cm³/mol. The van der Waals surface area contributed by atoms with Gasteiger partial charge in [-0.25, -0.2) is 10.9 Å². The van der Waals surface area contributed by atoms with Gasteiger partial charge >= 0.3 is 0 Å². The first-order valence-corrected chi connectivity index (χ1v) is 7.97. The number of hydrogen-bond acceptors (Lipinski definition) is 4. The molecule has 1 aliphatic rings. The largest absolute Gasteiger partial charge is 0.315 e. The molecular formula is C9H17N6PS. The van der Waals surface area contributed by atoms with Gasteiger partial charge in [-0.2, -0.15) is 14.8 Å². The number of anilines is 1. The third-order valence-corrected chi connectivity index (χ3v) is 6.60. The number of benzene rings is 1. The molecule has 1 fully saturated rings. The van der Waals surface area contributed by atoms with Crippen LogP contribution in [0.25, 0.3) is 0 Å². The third kappa shape index (κ3) is 2.83. The third-order valence-electron chi connectivity index (χ3n) is 2.55. The molecule has 4 N–H and O–H groups in total. The van der Waals surface area contributed by atoms with E-state index in [-0.39, 0.29) is 0 Å². The van der Waals surface area contributed by atoms with Gasteiger partial charge in [0.25, 0.3) is 0 Å². The van der Waals surface area contributed by atoms with Gasteiger partial charge in [0, 0.05) is 19.8 Å². The van der Waals surface area contributed by atoms with Gasteiger partial charge in [0.2, 0.25) is 0 Å². The summed E-state index contributed by atoms with van der Waals surface area (Å²) in [4.78, 5) is 0. The van der Waals surface area contributed by atoms with Crippen molar-refractivity contribution in [3.8, 4) is 0 Å². The second-order valence-electron chi connectivity index (χ2n) is 3.69. The fourth-order valence-corrected chi connectivity index (χ4v) is 3.45. The van der Waals surface area contributed by atoms with Crippen molar-refractivity contribution in [2.45, 2.75) is 0 Å². The Morgan fingerprint density at radius 2 is 1.76 bits per heavy atom. The Hall–Kier alpha value is -0.530. The Morgan fingerprint density at radius 1 is 1.18 bits per heavy atom. The molecule has 0 spiro atoms. The molecule has 0 radical (unpaired) electrons. The van der Waals surface area contributed by atoms with E-state index in [4.69, 9.17) is 11.8 Å². The van der Waals surface area contributed by atoms with Crippen molar-refractivity contribution < 1.29 is 0 Å². The summed E-state index contributed by atoms with van der Waals surface area (Å²) in [6, 6.07) is 9.90. The van der Waals surface area contributed by atoms with Crippen LogP contribution < -0.4 is 21.5 Å². The molecule has 1 aromatic carbocycles. The number of nitrogens with zero attached hydrogens (tertiary/aromatic N) is 2. The van der Waals surface area contributed by atoms with Crippen molar-refractivity contribution in [2.24, 2.45) is 0 Å². The molecular weight excluding hydrogens is 255 g/mol. The van der Waals surface area contributed by atoms with E-state index in [9.17, 15) is 0 Å². The Bertz CT molecular complexity index is 399. The Morgan fingerprint density at radius 3 is 2.35 bits per heavy atom. The summed E-state index contributed by atoms with van der Waals surface area (Å²) in [5.74, 6) is 0. The standard InChI is InChI=1S/C9H17N6PS/c1-14-10-8-11-15(2)16(14,17)13-12-9-6-4-3-5-7-9/h3-7,10-12H,8H2,1-2H3,(H,13,17). The van der Waals surface area contributed by atoms with Crippen LogP contribution in [0.5, 0.6) is 0 Å². The van der Waals surface area contributed by atoms with E-state index in [1.165, 1.54) is 0 Å². The molecule has 1 saturated heterocycles. The fraction of sp³-hybridized carbons (Fsp3) is 0.333. The fourth-order valence-electron chi connectivity index (χ4n) is 1.47. The van der Waals surface area contributed by atoms with E-state index in [0.29, 0.717) is 6.67 Å². The Kier molecular flexibility index (Phi) is 4.11. The second-order valence-corrected chi connectivity index (χ2v) is 7.73. The minimum absolute atomic E-state index is 0.679. The first kappa shape index (κ1) is 12.9. The molecule has 0 aromatic heterocycles. The quantitative estimate of drug-likeness (QED) is 0.477. The van der Waals surface area contributed by atoms with Crippen molar-refractivity contribution in [1.29, 1.82) is 0 Å². The zero-order valence-corrected chi connectivity index (χ0v) is 11.6. The van der Waals surface area contributed by atoms with E-state index in [1.54, 1.807) is 0 Å². The van der Waals surface area contributed by atoms with Crippen molar-refractivity contribution in [3.05, 3.63) is 30.3 Å². The molecule has 0 amide bonds. The highest BCUT2D eigenvalue weighted by Gasteiger charge is 2.31. The van der Waals surface area contributed by atoms with Crippen LogP contribution in [0.2, 0.25) is 0 Å². The van der Waals surface area contributed by atoms with Gasteiger partial charge in [-0.05, 0) is 23.9 Å². The monoisotopic (exact) mass is 272 g/mol. The lowest BCUT2D eigenvalue weighted by atomic mass is 10.3. The summed E-state index contributed by atoms with van der Waals surface area (Å²) in [5, 5.41) is 3.22. The van der Waals surface area contributed by atoms with Crippen molar-refractivity contribution in [3.63, 3.8) is 0 Å². The SMILES string of the molecule is CN1NCNN(C)P1(=S)NNc1ccccc1. The Balaban J connectivity index is 2.04. The maximum absolute atomic E-state index is 5.66. The lowest BCUT2D eigenvalue weighted by molar-refractivity contribution is 0.235. The zero-order valence-electron chi connectivity index (χ0n) is 9.84. The molecule has 0 aliphatic carbocycles. The van der Waals surface area contributed by atoms with E-state index < -0.39 is 6.49 Å². The zero-order chi connectivity index (χ0) is 12.3. The second kappa shape index (κ2) is 5.41. The van der Waals surface area contributed by atoms with Crippen LogP contribution in [0.4, 0.5) is 5.69 Å². The number of rotatable bonds is 3. The summed E-state index contributed by atoms with van der Waals surface area (Å²) in [5.41, 5.74) is 10.5. The van der Waals surface area contributed by atoms with Gasteiger partial charge in [-0.1, -0.05) is 18.2 Å². The van der Waals surface area contributed by atoms with Crippen LogP contribution in [0.15, 0.2) is 30.3 Å². The molecule has 0 bridgehead atoms. The lowest BCUT2D eigenvalue weighted by Gasteiger charge is -2.43. The summed E-state index contributed by atoms with van der Waals surface area (Å²) in [6.45, 7) is -1.37. The van der Waals surface area contributed by atoms with Gasteiger partial charge in [0.05, 0.1) is 6.67 Å². The van der Waals surface area contributed by atoms with Crippen molar-refractivity contribution >= 4 is 24.0 Å². The highest BCUT2D eigenvalue weighted by molar-refractivity contribution is 8.11. The smallest absolute Gasteiger partial charge is 0.186 e. The normalized spacial score (nSPS) is 21.3. The number of hydrogen-bond donors (Lipinski definition) is 4. The average molecular weight is 272 g/mol. The van der Waals surface area contributed by atoms with E-state index in [2.05, 4.69) is 21.5 Å². The van der Waals surface area contributed by atoms with Crippen LogP contribution in [0, 0.1) is 0 Å². The molecule has 2 rings (SSSR count). The molecule has 0 unspecified atom stereocenters. The van der Waals surface area contributed by atoms with E-state index in [0.717, 1.165) is 5.69 Å². The molecule has 1 aromatic rings. The van der Waals surface area contributed by atoms with Gasteiger partial charge in [-0.15, -0.1) is 0 Å². The molecule has 6 nitrogen and oxygen atoms in total. The summed E-state index contributed by atoms with van der Waals surface area (Å²) < 4.78 is 3.88. The van der Waals surface area contributed by atoms with Crippen LogP contribution in [-0.4, -0.2) is 30.3 Å². The predicted octanol–water partition coefficient (Wildman–Crippen LogP) is 0.672. The van der Waals surface area contributed by atoms with Crippen molar-refractivity contribution in [1.82, 2.24) is 25.6 Å². The Labute approximate surface area is 106 Å². The molecule has 0 saturated carbocycles. The minimum atomic E-state index is -2.04. The number of nitrogens with one attached hydrogen (secondary N) is 4. The first-order valence-electron chi connectivity index (χ1n) is 5.27. The molecule has 17 heavy (non-hydrogen) atoms. The van der Waals surface area contributed by atoms with E-state index in [1.807, 2.05) is 54.0 Å². The topological polar surface area (TPSA) is 54.6 Å². The van der Waals surface area contributed by atoms with Gasteiger partial charge in [0.15, 0.2) is 6.49 Å². The molecule has 1 heterocycles. The minimum Gasteiger partial charge on any atom is -0.315 e. The molecule has 0 atom stereocenters. The maximum Gasteiger partial charge on any atom is 0.186 e. The summed E-state index contributed by atoms with van der Waals surface area (Å²) >= 11 is 5.66. The van der Waals surface area contributed by atoms with Crippen molar-refractivity contribution in [2.75, 3.05) is 26.2 Å². The van der Waals surface area contributed by atoms with Gasteiger partial charge in [0.1, 0.15) is 0 Å². The summed E-state index contributed by atoms with van der Waals surface area (Å²) in [7, 11) is 3.88. The average Bonchev–Trinajstić information content (AvgIpc) is 2.35. The van der Waals surface area contributed by atoms with Crippen LogP contribution >= 0.6 is 6.49 Å². The number of para-hydroxylation sites is 1. The van der Waals surface area contributed by atoms with Crippen LogP contribution in [0.1, 0.15) is 0 Å². The van der Waals surface area contributed by atoms with Crippen LogP contribution in [-0.2, 0) is 11.8 Å². The highest BCUT2D eigenvalue weighted by atomic mass is 32.4. The summed E-state index contributed by atoms with van der Waals surface area (Å²) in [6.07, 6.45) is 0. The first-order chi connectivity index (χ1) is 8.13. The lowest BCUT2D eigenvalue weighted by Crippen LogP contribution is -2.56. The maximum atomic E-state index is 5.66. The molecule has 8 heteroatoms. The van der Waals surface area contributed by atoms with Gasteiger partial charge < -0.3 is 5.43 Å². The number of hydrazine groups is 3. The highest BCUT2D eigenvalue weighted by Crippen LogP contribution is 2.45.